The van der Waals surface area contributed by atoms with Crippen LogP contribution in [-0.2, 0) is 11.3 Å². The molecule has 1 aromatic rings. The molecular formula is C24H42IN5O2. The van der Waals surface area contributed by atoms with Gasteiger partial charge >= 0.3 is 6.09 Å². The fourth-order valence-electron chi connectivity index (χ4n) is 3.67. The minimum Gasteiger partial charge on any atom is -0.444 e. The van der Waals surface area contributed by atoms with E-state index in [1.54, 1.807) is 0 Å². The Morgan fingerprint density at radius 1 is 1.12 bits per heavy atom. The van der Waals surface area contributed by atoms with Gasteiger partial charge in [-0.1, -0.05) is 30.3 Å². The molecule has 0 radical (unpaired) electrons. The van der Waals surface area contributed by atoms with Crippen LogP contribution in [0.5, 0.6) is 0 Å². The molecule has 0 aliphatic heterocycles. The predicted molar refractivity (Wildman–Crippen MR) is 143 cm³/mol. The molecule has 1 aliphatic rings. The highest BCUT2D eigenvalue weighted by molar-refractivity contribution is 14.0. The van der Waals surface area contributed by atoms with Gasteiger partial charge in [0.1, 0.15) is 5.60 Å². The lowest BCUT2D eigenvalue weighted by molar-refractivity contribution is 0.0490. The number of alkyl carbamates (subject to hydrolysis) is 1. The third-order valence-electron chi connectivity index (χ3n) is 5.60. The SMILES string of the molecule is CN=C(NCC(C)N(C)Cc1ccccc1)NC1CCC(NC(=O)OC(C)(C)C)CC1.I. The summed E-state index contributed by atoms with van der Waals surface area (Å²) in [5, 5.41) is 9.99. The molecule has 8 heteroatoms. The summed E-state index contributed by atoms with van der Waals surface area (Å²) < 4.78 is 5.36. The Labute approximate surface area is 211 Å². The molecule has 1 aliphatic carbocycles. The summed E-state index contributed by atoms with van der Waals surface area (Å²) >= 11 is 0. The number of halogens is 1. The second-order valence-corrected chi connectivity index (χ2v) is 9.54. The third-order valence-corrected chi connectivity index (χ3v) is 5.60. The zero-order chi connectivity index (χ0) is 22.9. The molecule has 0 bridgehead atoms. The van der Waals surface area contributed by atoms with Crippen LogP contribution in [0, 0.1) is 0 Å². The van der Waals surface area contributed by atoms with Crippen LogP contribution in [0.2, 0.25) is 0 Å². The highest BCUT2D eigenvalue weighted by Crippen LogP contribution is 2.19. The summed E-state index contributed by atoms with van der Waals surface area (Å²) in [6.07, 6.45) is 3.53. The molecule has 3 N–H and O–H groups in total. The fraction of sp³-hybridized carbons (Fsp3) is 0.667. The Hall–Kier alpha value is -1.55. The van der Waals surface area contributed by atoms with Gasteiger partial charge in [0, 0.05) is 38.3 Å². The number of nitrogens with zero attached hydrogens (tertiary/aromatic N) is 2. The van der Waals surface area contributed by atoms with Crippen LogP contribution in [0.25, 0.3) is 0 Å². The largest absolute Gasteiger partial charge is 0.444 e. The standard InChI is InChI=1S/C24H41N5O2.HI/c1-18(29(6)17-19-10-8-7-9-11-19)16-26-22(25-5)27-20-12-14-21(15-13-20)28-23(30)31-24(2,3)4;/h7-11,18,20-21H,12-17H2,1-6H3,(H,28,30)(H2,25,26,27);1H. The second kappa shape index (κ2) is 13.9. The van der Waals surface area contributed by atoms with Crippen molar-refractivity contribution in [2.24, 2.45) is 4.99 Å². The van der Waals surface area contributed by atoms with Crippen LogP contribution >= 0.6 is 24.0 Å². The first-order valence-electron chi connectivity index (χ1n) is 11.4. The monoisotopic (exact) mass is 559 g/mol. The van der Waals surface area contributed by atoms with Gasteiger partial charge in [-0.05, 0) is 66.0 Å². The van der Waals surface area contributed by atoms with E-state index in [4.69, 9.17) is 4.74 Å². The number of carbonyl (C=O) groups excluding carboxylic acids is 1. The van der Waals surface area contributed by atoms with Crippen molar-refractivity contribution in [2.75, 3.05) is 20.6 Å². The number of amides is 1. The number of rotatable bonds is 7. The summed E-state index contributed by atoms with van der Waals surface area (Å²) in [7, 11) is 3.96. The number of carbonyl (C=O) groups is 1. The summed E-state index contributed by atoms with van der Waals surface area (Å²) in [4.78, 5) is 18.7. The molecule has 1 saturated carbocycles. The summed E-state index contributed by atoms with van der Waals surface area (Å²) in [5.41, 5.74) is 0.851. The van der Waals surface area contributed by atoms with Crippen LogP contribution in [0.3, 0.4) is 0 Å². The molecule has 1 fully saturated rings. The number of guanidine groups is 1. The zero-order valence-corrected chi connectivity index (χ0v) is 22.8. The van der Waals surface area contributed by atoms with E-state index >= 15 is 0 Å². The smallest absolute Gasteiger partial charge is 0.407 e. The molecule has 0 heterocycles. The Kier molecular flexibility index (Phi) is 12.3. The topological polar surface area (TPSA) is 78.0 Å². The highest BCUT2D eigenvalue weighted by Gasteiger charge is 2.25. The van der Waals surface area contributed by atoms with E-state index in [0.29, 0.717) is 12.1 Å². The zero-order valence-electron chi connectivity index (χ0n) is 20.5. The molecule has 1 atom stereocenters. The van der Waals surface area contributed by atoms with Crippen molar-refractivity contribution in [3.8, 4) is 0 Å². The Balaban J connectivity index is 0.00000512. The number of benzene rings is 1. The third kappa shape index (κ3) is 10.8. The number of hydrogen-bond acceptors (Lipinski definition) is 4. The first kappa shape index (κ1) is 28.5. The molecule has 1 unspecified atom stereocenters. The van der Waals surface area contributed by atoms with Gasteiger partial charge in [-0.25, -0.2) is 4.79 Å². The van der Waals surface area contributed by atoms with E-state index in [9.17, 15) is 4.79 Å². The number of ether oxygens (including phenoxy) is 1. The van der Waals surface area contributed by atoms with E-state index in [1.807, 2.05) is 33.9 Å². The van der Waals surface area contributed by atoms with E-state index in [2.05, 4.69) is 64.1 Å². The van der Waals surface area contributed by atoms with Crippen LogP contribution in [0.15, 0.2) is 35.3 Å². The number of nitrogens with one attached hydrogen (secondary N) is 3. The summed E-state index contributed by atoms with van der Waals surface area (Å²) in [6.45, 7) is 9.60. The molecule has 0 aromatic heterocycles. The number of likely N-dealkylation sites (N-methyl/N-ethyl adjacent to an activating group) is 1. The van der Waals surface area contributed by atoms with Gasteiger partial charge in [-0.2, -0.15) is 0 Å². The predicted octanol–water partition coefficient (Wildman–Crippen LogP) is 4.13. The second-order valence-electron chi connectivity index (χ2n) is 9.54. The average Bonchev–Trinajstić information content (AvgIpc) is 2.71. The average molecular weight is 560 g/mol. The first-order valence-corrected chi connectivity index (χ1v) is 11.4. The van der Waals surface area contributed by atoms with E-state index in [1.165, 1.54) is 5.56 Å². The van der Waals surface area contributed by atoms with Crippen molar-refractivity contribution in [2.45, 2.75) is 83.6 Å². The number of hydrogen-bond donors (Lipinski definition) is 3. The lowest BCUT2D eigenvalue weighted by Gasteiger charge is -2.32. The van der Waals surface area contributed by atoms with Crippen molar-refractivity contribution >= 4 is 36.0 Å². The fourth-order valence-corrected chi connectivity index (χ4v) is 3.67. The van der Waals surface area contributed by atoms with Crippen molar-refractivity contribution in [1.29, 1.82) is 0 Å². The minimum absolute atomic E-state index is 0. The normalized spacial score (nSPS) is 20.2. The van der Waals surface area contributed by atoms with Gasteiger partial charge in [0.25, 0.3) is 0 Å². The van der Waals surface area contributed by atoms with Gasteiger partial charge in [0.05, 0.1) is 0 Å². The molecular weight excluding hydrogens is 517 g/mol. The molecule has 2 rings (SSSR count). The Morgan fingerprint density at radius 3 is 2.22 bits per heavy atom. The van der Waals surface area contributed by atoms with Crippen molar-refractivity contribution in [1.82, 2.24) is 20.9 Å². The maximum atomic E-state index is 12.0. The minimum atomic E-state index is -0.465. The van der Waals surface area contributed by atoms with Gasteiger partial charge in [0.2, 0.25) is 0 Å². The molecule has 182 valence electrons. The van der Waals surface area contributed by atoms with Gasteiger partial charge in [-0.3, -0.25) is 9.89 Å². The van der Waals surface area contributed by atoms with Crippen molar-refractivity contribution in [3.05, 3.63) is 35.9 Å². The molecule has 0 spiro atoms. The van der Waals surface area contributed by atoms with Gasteiger partial charge in [0.15, 0.2) is 5.96 Å². The maximum absolute atomic E-state index is 12.0. The summed E-state index contributed by atoms with van der Waals surface area (Å²) in [6, 6.07) is 11.4. The maximum Gasteiger partial charge on any atom is 0.407 e. The van der Waals surface area contributed by atoms with E-state index in [0.717, 1.165) is 44.7 Å². The quantitative estimate of drug-likeness (QED) is 0.266. The Morgan fingerprint density at radius 2 is 1.69 bits per heavy atom. The van der Waals surface area contributed by atoms with Crippen LogP contribution in [0.1, 0.15) is 58.9 Å². The number of aliphatic imine (C=N–C) groups is 1. The van der Waals surface area contributed by atoms with E-state index < -0.39 is 5.60 Å². The molecule has 0 saturated heterocycles. The van der Waals surface area contributed by atoms with Gasteiger partial charge < -0.3 is 20.7 Å². The van der Waals surface area contributed by atoms with Crippen LogP contribution < -0.4 is 16.0 Å². The summed E-state index contributed by atoms with van der Waals surface area (Å²) in [5.74, 6) is 0.837. The molecule has 1 aromatic carbocycles. The van der Waals surface area contributed by atoms with Gasteiger partial charge in [-0.15, -0.1) is 24.0 Å². The molecule has 32 heavy (non-hydrogen) atoms. The lowest BCUT2D eigenvalue weighted by Crippen LogP contribution is -2.50. The Bertz CT molecular complexity index is 700. The van der Waals surface area contributed by atoms with Crippen LogP contribution in [0.4, 0.5) is 4.79 Å². The van der Waals surface area contributed by atoms with E-state index in [-0.39, 0.29) is 36.1 Å². The van der Waals surface area contributed by atoms with Crippen molar-refractivity contribution in [3.63, 3.8) is 0 Å². The lowest BCUT2D eigenvalue weighted by atomic mass is 9.91. The van der Waals surface area contributed by atoms with Crippen LogP contribution in [-0.4, -0.2) is 61.3 Å². The first-order chi connectivity index (χ1) is 14.7. The molecule has 1 amide bonds. The molecule has 7 nitrogen and oxygen atoms in total. The van der Waals surface area contributed by atoms with Crippen molar-refractivity contribution < 1.29 is 9.53 Å². The highest BCUT2D eigenvalue weighted by atomic mass is 127.